The molecule has 1 aromatic heterocycles. The van der Waals surface area contributed by atoms with Gasteiger partial charge in [-0.15, -0.1) is 11.3 Å². The van der Waals surface area contributed by atoms with Crippen molar-refractivity contribution in [1.29, 1.82) is 0 Å². The zero-order valence-electron chi connectivity index (χ0n) is 13.9. The molecule has 0 bridgehead atoms. The first-order chi connectivity index (χ1) is 11.3. The van der Waals surface area contributed by atoms with Crippen LogP contribution in [-0.2, 0) is 19.4 Å². The summed E-state index contributed by atoms with van der Waals surface area (Å²) < 4.78 is 0. The Labute approximate surface area is 142 Å². The molecule has 4 nitrogen and oxygen atoms in total. The van der Waals surface area contributed by atoms with E-state index in [1.807, 2.05) is 6.20 Å². The van der Waals surface area contributed by atoms with E-state index in [1.165, 1.54) is 21.0 Å². The predicted octanol–water partition coefficient (Wildman–Crippen LogP) is 3.02. The molecule has 23 heavy (non-hydrogen) atoms. The lowest BCUT2D eigenvalue weighted by molar-refractivity contribution is 0.379. The molecule has 2 aromatic rings. The normalized spacial score (nSPS) is 14.7. The lowest BCUT2D eigenvalue weighted by atomic mass is 10.0. The molecule has 122 valence electrons. The number of hydrogen-bond donors (Lipinski definition) is 1. The Morgan fingerprint density at radius 1 is 1.35 bits per heavy atom. The fourth-order valence-corrected chi connectivity index (χ4v) is 3.65. The molecule has 0 atom stereocenters. The molecule has 2 heterocycles. The summed E-state index contributed by atoms with van der Waals surface area (Å²) in [4.78, 5) is 12.9. The average Bonchev–Trinajstić information content (AvgIpc) is 2.99. The first-order valence-electron chi connectivity index (χ1n) is 8.27. The van der Waals surface area contributed by atoms with E-state index in [-0.39, 0.29) is 0 Å². The summed E-state index contributed by atoms with van der Waals surface area (Å²) in [5.41, 5.74) is 2.89. The van der Waals surface area contributed by atoms with Crippen molar-refractivity contribution in [3.8, 4) is 0 Å². The van der Waals surface area contributed by atoms with Gasteiger partial charge in [0.15, 0.2) is 5.96 Å². The molecule has 0 saturated heterocycles. The van der Waals surface area contributed by atoms with Crippen molar-refractivity contribution < 1.29 is 0 Å². The van der Waals surface area contributed by atoms with Crippen LogP contribution in [0.1, 0.15) is 27.9 Å². The molecule has 5 heteroatoms. The molecule has 0 aliphatic carbocycles. The molecule has 0 fully saturated rings. The van der Waals surface area contributed by atoms with Crippen molar-refractivity contribution in [3.05, 3.63) is 51.5 Å². The number of aliphatic imine (C=N–C) groups is 1. The second-order valence-corrected chi connectivity index (χ2v) is 7.11. The van der Waals surface area contributed by atoms with Gasteiger partial charge in [0.05, 0.1) is 5.01 Å². The highest BCUT2D eigenvalue weighted by molar-refractivity contribution is 7.11. The summed E-state index contributed by atoms with van der Waals surface area (Å²) in [5.74, 6) is 1.02. The number of aromatic nitrogens is 1. The van der Waals surface area contributed by atoms with Gasteiger partial charge in [0.2, 0.25) is 0 Å². The van der Waals surface area contributed by atoms with Crippen molar-refractivity contribution >= 4 is 17.3 Å². The van der Waals surface area contributed by atoms with Crippen LogP contribution < -0.4 is 5.32 Å². The molecule has 3 rings (SSSR count). The van der Waals surface area contributed by atoms with E-state index in [2.05, 4.69) is 53.3 Å². The quantitative estimate of drug-likeness (QED) is 0.693. The monoisotopic (exact) mass is 328 g/mol. The number of nitrogens with one attached hydrogen (secondary N) is 1. The second kappa shape index (κ2) is 7.59. The van der Waals surface area contributed by atoms with Crippen LogP contribution in [0.4, 0.5) is 0 Å². The molecule has 0 amide bonds. The third kappa shape index (κ3) is 4.10. The van der Waals surface area contributed by atoms with E-state index in [1.54, 1.807) is 11.3 Å². The summed E-state index contributed by atoms with van der Waals surface area (Å²) in [6.07, 6.45) is 3.95. The Hall–Kier alpha value is -1.88. The zero-order chi connectivity index (χ0) is 16.1. The van der Waals surface area contributed by atoms with Crippen LogP contribution in [0.3, 0.4) is 0 Å². The Morgan fingerprint density at radius 2 is 2.17 bits per heavy atom. The Kier molecular flexibility index (Phi) is 5.28. The molecule has 1 N–H and O–H groups in total. The smallest absolute Gasteiger partial charge is 0.194 e. The number of hydrogen-bond acceptors (Lipinski definition) is 3. The number of guanidine groups is 1. The highest BCUT2D eigenvalue weighted by Crippen LogP contribution is 2.18. The lowest BCUT2D eigenvalue weighted by Gasteiger charge is -2.31. The van der Waals surface area contributed by atoms with Gasteiger partial charge in [-0.3, -0.25) is 4.99 Å². The van der Waals surface area contributed by atoms with Gasteiger partial charge < -0.3 is 10.2 Å². The first kappa shape index (κ1) is 16.0. The molecule has 1 aliphatic heterocycles. The van der Waals surface area contributed by atoms with Gasteiger partial charge in [0, 0.05) is 43.7 Å². The predicted molar refractivity (Wildman–Crippen MR) is 97.1 cm³/mol. The third-order valence-corrected chi connectivity index (χ3v) is 4.99. The van der Waals surface area contributed by atoms with E-state index >= 15 is 0 Å². The molecular formula is C18H24N4S. The summed E-state index contributed by atoms with van der Waals surface area (Å²) in [6, 6.07) is 8.71. The molecule has 0 radical (unpaired) electrons. The van der Waals surface area contributed by atoms with Gasteiger partial charge in [-0.2, -0.15) is 0 Å². The lowest BCUT2D eigenvalue weighted by Crippen LogP contribution is -2.44. The minimum atomic E-state index is 0.785. The zero-order valence-corrected chi connectivity index (χ0v) is 14.7. The van der Waals surface area contributed by atoms with Crippen LogP contribution in [0.25, 0.3) is 0 Å². The van der Waals surface area contributed by atoms with Crippen molar-refractivity contribution in [1.82, 2.24) is 15.2 Å². The van der Waals surface area contributed by atoms with E-state index in [0.717, 1.165) is 45.0 Å². The van der Waals surface area contributed by atoms with Crippen LogP contribution >= 0.6 is 11.3 Å². The van der Waals surface area contributed by atoms with E-state index in [4.69, 9.17) is 4.99 Å². The first-order valence-corrected chi connectivity index (χ1v) is 9.09. The van der Waals surface area contributed by atoms with Crippen molar-refractivity contribution in [2.75, 3.05) is 19.6 Å². The SMILES string of the molecule is CCNC(=NCCc1ncc(C)s1)N1CCc2ccccc2C1. The Morgan fingerprint density at radius 3 is 2.91 bits per heavy atom. The van der Waals surface area contributed by atoms with Crippen LogP contribution in [0.5, 0.6) is 0 Å². The van der Waals surface area contributed by atoms with Gasteiger partial charge >= 0.3 is 0 Å². The molecule has 0 saturated carbocycles. The van der Waals surface area contributed by atoms with E-state index in [0.29, 0.717) is 0 Å². The van der Waals surface area contributed by atoms with Crippen LogP contribution in [0.2, 0.25) is 0 Å². The maximum absolute atomic E-state index is 4.81. The number of benzene rings is 1. The van der Waals surface area contributed by atoms with Gasteiger partial charge in [0.1, 0.15) is 0 Å². The highest BCUT2D eigenvalue weighted by atomic mass is 32.1. The Balaban J connectivity index is 1.65. The van der Waals surface area contributed by atoms with E-state index < -0.39 is 0 Å². The number of aryl methyl sites for hydroxylation is 1. The summed E-state index contributed by atoms with van der Waals surface area (Å²) in [7, 11) is 0. The second-order valence-electron chi connectivity index (χ2n) is 5.79. The largest absolute Gasteiger partial charge is 0.357 e. The van der Waals surface area contributed by atoms with Crippen molar-refractivity contribution in [3.63, 3.8) is 0 Å². The third-order valence-electron chi connectivity index (χ3n) is 4.02. The van der Waals surface area contributed by atoms with Gasteiger partial charge in [-0.05, 0) is 31.4 Å². The molecule has 0 unspecified atom stereocenters. The maximum atomic E-state index is 4.81. The summed E-state index contributed by atoms with van der Waals surface area (Å²) in [6.45, 7) is 7.87. The molecular weight excluding hydrogens is 304 g/mol. The number of rotatable bonds is 4. The molecule has 1 aromatic carbocycles. The van der Waals surface area contributed by atoms with Crippen LogP contribution in [-0.4, -0.2) is 35.5 Å². The number of nitrogens with zero attached hydrogens (tertiary/aromatic N) is 3. The maximum Gasteiger partial charge on any atom is 0.194 e. The van der Waals surface area contributed by atoms with Gasteiger partial charge in [-0.1, -0.05) is 24.3 Å². The minimum Gasteiger partial charge on any atom is -0.357 e. The standard InChI is InChI=1S/C18H24N4S/c1-3-19-18(20-10-8-17-21-12-14(2)23-17)22-11-9-15-6-4-5-7-16(15)13-22/h4-7,12H,3,8-11,13H2,1-2H3,(H,19,20). The number of fused-ring (bicyclic) bond motifs is 1. The topological polar surface area (TPSA) is 40.5 Å². The minimum absolute atomic E-state index is 0.785. The molecule has 0 spiro atoms. The van der Waals surface area contributed by atoms with Crippen LogP contribution in [0.15, 0.2) is 35.5 Å². The fraction of sp³-hybridized carbons (Fsp3) is 0.444. The van der Waals surface area contributed by atoms with Gasteiger partial charge in [-0.25, -0.2) is 4.98 Å². The van der Waals surface area contributed by atoms with Crippen LogP contribution in [0, 0.1) is 6.92 Å². The highest BCUT2D eigenvalue weighted by Gasteiger charge is 2.18. The fourth-order valence-electron chi connectivity index (χ4n) is 2.88. The Bertz CT molecular complexity index is 677. The average molecular weight is 328 g/mol. The van der Waals surface area contributed by atoms with Crippen molar-refractivity contribution in [2.45, 2.75) is 33.2 Å². The number of thiazole rings is 1. The summed E-state index contributed by atoms with van der Waals surface area (Å²) in [5, 5.41) is 4.61. The van der Waals surface area contributed by atoms with Gasteiger partial charge in [0.25, 0.3) is 0 Å². The molecule has 1 aliphatic rings. The van der Waals surface area contributed by atoms with Crippen molar-refractivity contribution in [2.24, 2.45) is 4.99 Å². The summed E-state index contributed by atoms with van der Waals surface area (Å²) >= 11 is 1.76. The van der Waals surface area contributed by atoms with E-state index in [9.17, 15) is 0 Å².